The summed E-state index contributed by atoms with van der Waals surface area (Å²) in [5.41, 5.74) is -0.168. The minimum Gasteiger partial charge on any atom is -0.490 e. The number of carbonyl (C=O) groups is 1. The third kappa shape index (κ3) is 2.80. The minimum absolute atomic E-state index is 0.0676. The van der Waals surface area contributed by atoms with Crippen LogP contribution in [0.2, 0.25) is 0 Å². The van der Waals surface area contributed by atoms with Crippen molar-refractivity contribution in [3.8, 4) is 5.75 Å². The van der Waals surface area contributed by atoms with E-state index >= 15 is 0 Å². The Bertz CT molecular complexity index is 673. The highest BCUT2D eigenvalue weighted by Gasteiger charge is 2.15. The first-order valence-corrected chi connectivity index (χ1v) is 6.15. The van der Waals surface area contributed by atoms with Crippen LogP contribution < -0.4 is 10.2 Å². The van der Waals surface area contributed by atoms with Gasteiger partial charge in [0.1, 0.15) is 23.3 Å². The van der Waals surface area contributed by atoms with Gasteiger partial charge in [-0.05, 0) is 19.1 Å². The van der Waals surface area contributed by atoms with Crippen LogP contribution in [0.1, 0.15) is 17.5 Å². The smallest absolute Gasteiger partial charge is 0.374 e. The Balaban J connectivity index is 2.51. The number of aliphatic hydroxyl groups is 1. The molecule has 0 radical (unpaired) electrons. The molecule has 0 spiro atoms. The van der Waals surface area contributed by atoms with E-state index in [1.807, 2.05) is 0 Å². The van der Waals surface area contributed by atoms with E-state index < -0.39 is 11.4 Å². The lowest BCUT2D eigenvalue weighted by Crippen LogP contribution is -2.11. The Morgan fingerprint density at radius 2 is 2.20 bits per heavy atom. The van der Waals surface area contributed by atoms with Crippen molar-refractivity contribution in [1.29, 1.82) is 0 Å². The average molecular weight is 278 g/mol. The number of hydrogen-bond acceptors (Lipinski definition) is 6. The van der Waals surface area contributed by atoms with Gasteiger partial charge in [-0.3, -0.25) is 4.79 Å². The third-order valence-corrected chi connectivity index (χ3v) is 2.54. The van der Waals surface area contributed by atoms with E-state index in [-0.39, 0.29) is 36.6 Å². The van der Waals surface area contributed by atoms with Crippen molar-refractivity contribution in [3.05, 3.63) is 40.2 Å². The number of aliphatic hydroxyl groups excluding tert-OH is 1. The zero-order valence-corrected chi connectivity index (χ0v) is 10.9. The molecule has 0 aliphatic carbocycles. The monoisotopic (exact) mass is 278 g/mol. The van der Waals surface area contributed by atoms with Crippen LogP contribution in [0.3, 0.4) is 0 Å². The van der Waals surface area contributed by atoms with Crippen LogP contribution in [0.15, 0.2) is 33.5 Å². The van der Waals surface area contributed by atoms with Crippen LogP contribution in [0.5, 0.6) is 5.75 Å². The van der Waals surface area contributed by atoms with Crippen molar-refractivity contribution in [2.24, 2.45) is 0 Å². The topological polar surface area (TPSA) is 86.0 Å². The highest BCUT2D eigenvalue weighted by atomic mass is 16.5. The van der Waals surface area contributed by atoms with Crippen molar-refractivity contribution >= 4 is 16.9 Å². The van der Waals surface area contributed by atoms with Crippen molar-refractivity contribution in [2.45, 2.75) is 6.92 Å². The molecule has 1 N–H and O–H groups in total. The highest BCUT2D eigenvalue weighted by Crippen LogP contribution is 2.23. The number of rotatable bonds is 5. The quantitative estimate of drug-likeness (QED) is 0.831. The molecule has 6 nitrogen and oxygen atoms in total. The van der Waals surface area contributed by atoms with Crippen molar-refractivity contribution < 1.29 is 23.8 Å². The first-order chi connectivity index (χ1) is 9.67. The average Bonchev–Trinajstić information content (AvgIpc) is 2.44. The Hall–Kier alpha value is -2.34. The third-order valence-electron chi connectivity index (χ3n) is 2.54. The molecule has 1 aromatic carbocycles. The summed E-state index contributed by atoms with van der Waals surface area (Å²) >= 11 is 0. The molecule has 20 heavy (non-hydrogen) atoms. The van der Waals surface area contributed by atoms with Gasteiger partial charge >= 0.3 is 5.97 Å². The maximum atomic E-state index is 12.1. The fourth-order valence-corrected chi connectivity index (χ4v) is 1.76. The van der Waals surface area contributed by atoms with E-state index in [9.17, 15) is 9.59 Å². The molecule has 0 unspecified atom stereocenters. The lowest BCUT2D eigenvalue weighted by Gasteiger charge is -2.08. The molecule has 106 valence electrons. The standard InChI is InChI=1S/C14H14O6/c1-2-18-14(17)12-8-9(16)13-10(19-7-6-15)4-3-5-11(13)20-12/h3-5,8,15H,2,6-7H2,1H3. The maximum absolute atomic E-state index is 12.1. The molecule has 0 atom stereocenters. The second kappa shape index (κ2) is 6.21. The number of esters is 1. The molecule has 0 saturated heterocycles. The van der Waals surface area contributed by atoms with Gasteiger partial charge in [-0.2, -0.15) is 0 Å². The van der Waals surface area contributed by atoms with Gasteiger partial charge in [-0.1, -0.05) is 6.07 Å². The van der Waals surface area contributed by atoms with Gasteiger partial charge in [0.25, 0.3) is 0 Å². The van der Waals surface area contributed by atoms with Crippen LogP contribution in [-0.2, 0) is 4.74 Å². The molecule has 0 aliphatic heterocycles. The van der Waals surface area contributed by atoms with E-state index in [1.165, 1.54) is 0 Å². The summed E-state index contributed by atoms with van der Waals surface area (Å²) in [5.74, 6) is -0.530. The van der Waals surface area contributed by atoms with Crippen LogP contribution in [0.4, 0.5) is 0 Å². The molecule has 2 aromatic rings. The predicted octanol–water partition coefficient (Wildman–Crippen LogP) is 1.34. The number of ether oxygens (including phenoxy) is 2. The van der Waals surface area contributed by atoms with Gasteiger partial charge in [-0.25, -0.2) is 4.79 Å². The van der Waals surface area contributed by atoms with E-state index in [4.69, 9.17) is 19.0 Å². The lowest BCUT2D eigenvalue weighted by atomic mass is 10.2. The summed E-state index contributed by atoms with van der Waals surface area (Å²) in [7, 11) is 0. The molecule has 1 aromatic heterocycles. The lowest BCUT2D eigenvalue weighted by molar-refractivity contribution is 0.0490. The van der Waals surface area contributed by atoms with Crippen molar-refractivity contribution in [2.75, 3.05) is 19.8 Å². The minimum atomic E-state index is -0.687. The van der Waals surface area contributed by atoms with E-state index in [0.717, 1.165) is 6.07 Å². The largest absolute Gasteiger partial charge is 0.490 e. The second-order valence-corrected chi connectivity index (χ2v) is 3.90. The van der Waals surface area contributed by atoms with Crippen LogP contribution in [-0.4, -0.2) is 30.9 Å². The molecule has 0 aliphatic rings. The normalized spacial score (nSPS) is 10.5. The second-order valence-electron chi connectivity index (χ2n) is 3.90. The molecule has 0 fully saturated rings. The Kier molecular flexibility index (Phi) is 4.37. The molecule has 1 heterocycles. The summed E-state index contributed by atoms with van der Waals surface area (Å²) in [4.78, 5) is 23.7. The van der Waals surface area contributed by atoms with E-state index in [0.29, 0.717) is 5.75 Å². The highest BCUT2D eigenvalue weighted by molar-refractivity contribution is 5.90. The van der Waals surface area contributed by atoms with Gasteiger partial charge in [0.2, 0.25) is 5.76 Å². The fraction of sp³-hybridized carbons (Fsp3) is 0.286. The van der Waals surface area contributed by atoms with Gasteiger partial charge in [0, 0.05) is 6.07 Å². The zero-order chi connectivity index (χ0) is 14.5. The van der Waals surface area contributed by atoms with Gasteiger partial charge < -0.3 is 19.0 Å². The van der Waals surface area contributed by atoms with Crippen LogP contribution >= 0.6 is 0 Å². The summed E-state index contributed by atoms with van der Waals surface area (Å²) in [6.07, 6.45) is 0. The molecule has 0 bridgehead atoms. The number of hydrogen-bond donors (Lipinski definition) is 1. The summed E-state index contributed by atoms with van der Waals surface area (Å²) < 4.78 is 15.4. The zero-order valence-electron chi connectivity index (χ0n) is 10.9. The summed E-state index contributed by atoms with van der Waals surface area (Å²) in [6, 6.07) is 5.86. The molecular weight excluding hydrogens is 264 g/mol. The first-order valence-electron chi connectivity index (χ1n) is 6.15. The van der Waals surface area contributed by atoms with Gasteiger partial charge in [0.05, 0.1) is 13.2 Å². The predicted molar refractivity (Wildman–Crippen MR) is 71.0 cm³/mol. The van der Waals surface area contributed by atoms with E-state index in [1.54, 1.807) is 25.1 Å². The maximum Gasteiger partial charge on any atom is 0.374 e. The molecule has 6 heteroatoms. The Morgan fingerprint density at radius 1 is 1.40 bits per heavy atom. The Morgan fingerprint density at radius 3 is 2.90 bits per heavy atom. The first kappa shape index (κ1) is 14.1. The number of carbonyl (C=O) groups excluding carboxylic acids is 1. The molecular formula is C14H14O6. The summed E-state index contributed by atoms with van der Waals surface area (Å²) in [5, 5.41) is 8.99. The SMILES string of the molecule is CCOC(=O)c1cc(=O)c2c(OCCO)cccc2o1. The number of fused-ring (bicyclic) bond motifs is 1. The van der Waals surface area contributed by atoms with Gasteiger partial charge in [-0.15, -0.1) is 0 Å². The van der Waals surface area contributed by atoms with Crippen molar-refractivity contribution in [3.63, 3.8) is 0 Å². The van der Waals surface area contributed by atoms with Crippen molar-refractivity contribution in [1.82, 2.24) is 0 Å². The van der Waals surface area contributed by atoms with Crippen LogP contribution in [0.25, 0.3) is 11.0 Å². The van der Waals surface area contributed by atoms with E-state index in [2.05, 4.69) is 0 Å². The molecule has 2 rings (SSSR count). The fourth-order valence-electron chi connectivity index (χ4n) is 1.76. The Labute approximate surface area is 114 Å². The van der Waals surface area contributed by atoms with Gasteiger partial charge in [0.15, 0.2) is 5.43 Å². The number of benzene rings is 1. The molecule has 0 amide bonds. The van der Waals surface area contributed by atoms with Crippen LogP contribution in [0, 0.1) is 0 Å². The summed E-state index contributed by atoms with van der Waals surface area (Å²) in [6.45, 7) is 1.76. The molecule has 0 saturated carbocycles.